The first-order chi connectivity index (χ1) is 12.7. The van der Waals surface area contributed by atoms with Crippen LogP contribution >= 0.6 is 0 Å². The fourth-order valence-corrected chi connectivity index (χ4v) is 3.40. The predicted molar refractivity (Wildman–Crippen MR) is 102 cm³/mol. The van der Waals surface area contributed by atoms with Gasteiger partial charge in [0.1, 0.15) is 5.82 Å². The zero-order valence-corrected chi connectivity index (χ0v) is 14.6. The number of fused-ring (bicyclic) bond motifs is 1. The van der Waals surface area contributed by atoms with Crippen molar-refractivity contribution in [3.63, 3.8) is 0 Å². The zero-order chi connectivity index (χ0) is 17.9. The first-order valence-electron chi connectivity index (χ1n) is 8.93. The van der Waals surface area contributed by atoms with Crippen LogP contribution in [0.2, 0.25) is 0 Å². The molecule has 4 rings (SSSR count). The maximum atomic E-state index is 11.2. The highest BCUT2D eigenvalue weighted by atomic mass is 16.1. The van der Waals surface area contributed by atoms with Crippen LogP contribution in [0.15, 0.2) is 54.6 Å². The van der Waals surface area contributed by atoms with E-state index in [-0.39, 0.29) is 0 Å². The average Bonchev–Trinajstić information content (AvgIpc) is 3.10. The molecule has 0 saturated heterocycles. The highest BCUT2D eigenvalue weighted by Gasteiger charge is 2.20. The van der Waals surface area contributed by atoms with E-state index in [4.69, 9.17) is 10.7 Å². The molecule has 2 heterocycles. The Balaban J connectivity index is 1.44. The van der Waals surface area contributed by atoms with Crippen LogP contribution in [0.1, 0.15) is 27.3 Å². The summed E-state index contributed by atoms with van der Waals surface area (Å²) >= 11 is 0. The molecule has 0 fully saturated rings. The first kappa shape index (κ1) is 16.5. The summed E-state index contributed by atoms with van der Waals surface area (Å²) in [6.45, 7) is 2.98. The number of imidazole rings is 1. The molecular formula is C21H22N4O. The van der Waals surface area contributed by atoms with Crippen LogP contribution < -0.4 is 5.73 Å². The number of rotatable bonds is 5. The molecule has 3 N–H and O–H groups in total. The average molecular weight is 346 g/mol. The number of carbonyl (C=O) groups excluding carboxylic acids is 1. The molecule has 3 aromatic rings. The Bertz CT molecular complexity index is 900. The number of nitrogens with zero attached hydrogens (tertiary/aromatic N) is 2. The Morgan fingerprint density at radius 2 is 1.88 bits per heavy atom. The lowest BCUT2D eigenvalue weighted by atomic mass is 10.1. The van der Waals surface area contributed by atoms with Crippen LogP contribution in [0.4, 0.5) is 0 Å². The van der Waals surface area contributed by atoms with Gasteiger partial charge in [-0.1, -0.05) is 42.5 Å². The second-order valence-electron chi connectivity index (χ2n) is 6.71. The van der Waals surface area contributed by atoms with Gasteiger partial charge in [0.15, 0.2) is 0 Å². The molecule has 0 aliphatic carbocycles. The van der Waals surface area contributed by atoms with Gasteiger partial charge in [0, 0.05) is 37.2 Å². The fraction of sp³-hybridized carbons (Fsp3) is 0.238. The topological polar surface area (TPSA) is 75.0 Å². The minimum Gasteiger partial charge on any atom is -0.366 e. The summed E-state index contributed by atoms with van der Waals surface area (Å²) in [4.78, 5) is 21.9. The molecule has 1 aliphatic rings. The van der Waals surface area contributed by atoms with Gasteiger partial charge in [-0.15, -0.1) is 0 Å². The van der Waals surface area contributed by atoms with Crippen molar-refractivity contribution in [3.8, 4) is 11.4 Å². The summed E-state index contributed by atoms with van der Waals surface area (Å²) < 4.78 is 0. The lowest BCUT2D eigenvalue weighted by molar-refractivity contribution is 0.100. The van der Waals surface area contributed by atoms with Crippen molar-refractivity contribution < 1.29 is 4.79 Å². The van der Waals surface area contributed by atoms with Crippen LogP contribution in [-0.2, 0) is 19.4 Å². The Morgan fingerprint density at radius 3 is 2.62 bits per heavy atom. The highest BCUT2D eigenvalue weighted by molar-refractivity contribution is 5.93. The van der Waals surface area contributed by atoms with Crippen LogP contribution in [0, 0.1) is 0 Å². The van der Waals surface area contributed by atoms with Crippen LogP contribution in [-0.4, -0.2) is 33.9 Å². The van der Waals surface area contributed by atoms with Gasteiger partial charge >= 0.3 is 0 Å². The van der Waals surface area contributed by atoms with Crippen molar-refractivity contribution in [1.29, 1.82) is 0 Å². The maximum absolute atomic E-state index is 11.2. The standard InChI is InChI=1S/C21H22N4O/c22-20(26)16-6-8-17(9-7-16)21-23-18-11-13-25(14-19(18)24-21)12-10-15-4-2-1-3-5-15/h1-9H,10-14H2,(H2,22,26)(H,23,24). The summed E-state index contributed by atoms with van der Waals surface area (Å²) in [5.74, 6) is 0.445. The number of aromatic amines is 1. The quantitative estimate of drug-likeness (QED) is 0.746. The number of nitrogens with one attached hydrogen (secondary N) is 1. The van der Waals surface area contributed by atoms with Crippen LogP contribution in [0.5, 0.6) is 0 Å². The van der Waals surface area contributed by atoms with E-state index >= 15 is 0 Å². The molecule has 1 aliphatic heterocycles. The number of carbonyl (C=O) groups is 1. The number of aromatic nitrogens is 2. The lowest BCUT2D eigenvalue weighted by Gasteiger charge is -2.25. The van der Waals surface area contributed by atoms with Gasteiger partial charge in [0.25, 0.3) is 0 Å². The largest absolute Gasteiger partial charge is 0.366 e. The van der Waals surface area contributed by atoms with E-state index in [1.807, 2.05) is 12.1 Å². The molecule has 1 aromatic heterocycles. The van der Waals surface area contributed by atoms with Crippen molar-refractivity contribution in [2.24, 2.45) is 5.73 Å². The molecule has 1 amide bonds. The molecule has 26 heavy (non-hydrogen) atoms. The molecule has 0 atom stereocenters. The van der Waals surface area contributed by atoms with Crippen molar-refractivity contribution in [1.82, 2.24) is 14.9 Å². The number of nitrogens with two attached hydrogens (primary N) is 1. The van der Waals surface area contributed by atoms with E-state index in [1.165, 1.54) is 11.3 Å². The normalized spacial score (nSPS) is 14.2. The molecule has 5 heteroatoms. The van der Waals surface area contributed by atoms with E-state index in [0.717, 1.165) is 49.6 Å². The molecule has 0 radical (unpaired) electrons. The molecular weight excluding hydrogens is 324 g/mol. The maximum Gasteiger partial charge on any atom is 0.248 e. The molecule has 0 bridgehead atoms. The van der Waals surface area contributed by atoms with Crippen LogP contribution in [0.3, 0.4) is 0 Å². The summed E-state index contributed by atoms with van der Waals surface area (Å²) in [6, 6.07) is 17.9. The summed E-state index contributed by atoms with van der Waals surface area (Å²) in [7, 11) is 0. The number of benzene rings is 2. The summed E-state index contributed by atoms with van der Waals surface area (Å²) in [5, 5.41) is 0. The Labute approximate surface area is 152 Å². The van der Waals surface area contributed by atoms with Crippen molar-refractivity contribution in [2.75, 3.05) is 13.1 Å². The number of amides is 1. The zero-order valence-electron chi connectivity index (χ0n) is 14.6. The summed E-state index contributed by atoms with van der Waals surface area (Å²) in [6.07, 6.45) is 2.02. The van der Waals surface area contributed by atoms with Gasteiger partial charge in [-0.05, 0) is 24.1 Å². The molecule has 0 saturated carbocycles. The van der Waals surface area contributed by atoms with E-state index in [1.54, 1.807) is 12.1 Å². The van der Waals surface area contributed by atoms with Crippen molar-refractivity contribution in [2.45, 2.75) is 19.4 Å². The monoisotopic (exact) mass is 346 g/mol. The van der Waals surface area contributed by atoms with E-state index in [2.05, 4.69) is 40.2 Å². The third kappa shape index (κ3) is 3.53. The predicted octanol–water partition coefficient (Wildman–Crippen LogP) is 2.78. The van der Waals surface area contributed by atoms with Gasteiger partial charge in [-0.2, -0.15) is 0 Å². The Hall–Kier alpha value is -2.92. The van der Waals surface area contributed by atoms with Crippen molar-refractivity contribution in [3.05, 3.63) is 77.1 Å². The van der Waals surface area contributed by atoms with Crippen LogP contribution in [0.25, 0.3) is 11.4 Å². The van der Waals surface area contributed by atoms with Gasteiger partial charge in [0.05, 0.1) is 11.4 Å². The molecule has 0 spiro atoms. The molecule has 132 valence electrons. The second kappa shape index (κ2) is 7.14. The molecule has 2 aromatic carbocycles. The van der Waals surface area contributed by atoms with Gasteiger partial charge in [0.2, 0.25) is 5.91 Å². The second-order valence-corrected chi connectivity index (χ2v) is 6.71. The van der Waals surface area contributed by atoms with Gasteiger partial charge in [-0.25, -0.2) is 4.98 Å². The number of H-pyrrole nitrogens is 1. The van der Waals surface area contributed by atoms with E-state index in [0.29, 0.717) is 5.56 Å². The lowest BCUT2D eigenvalue weighted by Crippen LogP contribution is -2.32. The smallest absolute Gasteiger partial charge is 0.248 e. The number of primary amides is 1. The SMILES string of the molecule is NC(=O)c1ccc(-c2nc3c([nH]2)CN(CCc2ccccc2)CC3)cc1. The van der Waals surface area contributed by atoms with Gasteiger partial charge in [-0.3, -0.25) is 9.69 Å². The summed E-state index contributed by atoms with van der Waals surface area (Å²) in [5.41, 5.74) is 10.5. The number of hydrogen-bond acceptors (Lipinski definition) is 3. The van der Waals surface area contributed by atoms with Gasteiger partial charge < -0.3 is 10.7 Å². The third-order valence-electron chi connectivity index (χ3n) is 4.91. The minimum absolute atomic E-state index is 0.413. The van der Waals surface area contributed by atoms with E-state index < -0.39 is 5.91 Å². The Kier molecular flexibility index (Phi) is 4.54. The van der Waals surface area contributed by atoms with E-state index in [9.17, 15) is 4.79 Å². The number of hydrogen-bond donors (Lipinski definition) is 2. The molecule has 0 unspecified atom stereocenters. The minimum atomic E-state index is -0.413. The highest BCUT2D eigenvalue weighted by Crippen LogP contribution is 2.23. The fourth-order valence-electron chi connectivity index (χ4n) is 3.40. The third-order valence-corrected chi connectivity index (χ3v) is 4.91. The molecule has 5 nitrogen and oxygen atoms in total. The van der Waals surface area contributed by atoms with Crippen molar-refractivity contribution >= 4 is 5.91 Å². The Morgan fingerprint density at radius 1 is 1.12 bits per heavy atom. The first-order valence-corrected chi connectivity index (χ1v) is 8.93.